The normalized spacial score (nSPS) is 19.2. The van der Waals surface area contributed by atoms with Crippen molar-refractivity contribution in [3.05, 3.63) is 18.7 Å². The van der Waals surface area contributed by atoms with Crippen LogP contribution in [0.4, 0.5) is 0 Å². The molecule has 1 aromatic heterocycles. The lowest BCUT2D eigenvalue weighted by Gasteiger charge is -2.33. The minimum atomic E-state index is -3.01. The van der Waals surface area contributed by atoms with Crippen molar-refractivity contribution in [2.24, 2.45) is 0 Å². The average Bonchev–Trinajstić information content (AvgIpc) is 2.90. The molecular weight excluding hydrogens is 252 g/mol. The first-order chi connectivity index (χ1) is 8.62. The van der Waals surface area contributed by atoms with Gasteiger partial charge in [-0.3, -0.25) is 4.90 Å². The van der Waals surface area contributed by atoms with Crippen molar-refractivity contribution in [3.8, 4) is 0 Å². The zero-order valence-electron chi connectivity index (χ0n) is 10.7. The van der Waals surface area contributed by atoms with Crippen LogP contribution in [0, 0.1) is 0 Å². The Morgan fingerprint density at radius 3 is 2.44 bits per heavy atom. The second kappa shape index (κ2) is 5.81. The maximum absolute atomic E-state index is 11.7. The van der Waals surface area contributed by atoms with Gasteiger partial charge in [0.2, 0.25) is 10.0 Å². The summed E-state index contributed by atoms with van der Waals surface area (Å²) >= 11 is 0. The van der Waals surface area contributed by atoms with Crippen LogP contribution >= 0.6 is 0 Å². The van der Waals surface area contributed by atoms with Gasteiger partial charge in [-0.1, -0.05) is 0 Å². The summed E-state index contributed by atoms with van der Waals surface area (Å²) in [4.78, 5) is 6.29. The van der Waals surface area contributed by atoms with Crippen LogP contribution in [0.1, 0.15) is 6.92 Å². The number of nitrogens with zero attached hydrogens (tertiary/aromatic N) is 4. The van der Waals surface area contributed by atoms with Crippen molar-refractivity contribution in [1.82, 2.24) is 18.8 Å². The molecule has 1 aliphatic rings. The highest BCUT2D eigenvalue weighted by atomic mass is 32.2. The Morgan fingerprint density at radius 1 is 1.17 bits per heavy atom. The fraction of sp³-hybridized carbons (Fsp3) is 0.727. The van der Waals surface area contributed by atoms with Crippen LogP contribution in [0.3, 0.4) is 0 Å². The quantitative estimate of drug-likeness (QED) is 0.748. The summed E-state index contributed by atoms with van der Waals surface area (Å²) in [6.45, 7) is 6.39. The lowest BCUT2D eigenvalue weighted by atomic mass is 10.3. The van der Waals surface area contributed by atoms with Gasteiger partial charge in [-0.05, 0) is 6.92 Å². The highest BCUT2D eigenvalue weighted by Crippen LogP contribution is 2.07. The molecule has 2 rings (SSSR count). The van der Waals surface area contributed by atoms with Gasteiger partial charge in [-0.15, -0.1) is 0 Å². The molecule has 7 heteroatoms. The molecule has 0 aromatic carbocycles. The molecule has 2 heterocycles. The van der Waals surface area contributed by atoms with E-state index in [1.165, 1.54) is 0 Å². The smallest absolute Gasteiger partial charge is 0.213 e. The Bertz CT molecular complexity index is 449. The van der Waals surface area contributed by atoms with Crippen LogP contribution < -0.4 is 0 Å². The second-order valence-corrected chi connectivity index (χ2v) is 6.70. The summed E-state index contributed by atoms with van der Waals surface area (Å²) in [5.74, 6) is 0.196. The van der Waals surface area contributed by atoms with Gasteiger partial charge >= 0.3 is 0 Å². The molecule has 0 radical (unpaired) electrons. The van der Waals surface area contributed by atoms with E-state index in [2.05, 4.69) is 9.88 Å². The molecule has 0 N–H and O–H groups in total. The van der Waals surface area contributed by atoms with Gasteiger partial charge in [-0.2, -0.15) is 4.31 Å². The summed E-state index contributed by atoms with van der Waals surface area (Å²) in [5.41, 5.74) is 0. The first-order valence-electron chi connectivity index (χ1n) is 6.28. The summed E-state index contributed by atoms with van der Waals surface area (Å²) in [5, 5.41) is 0. The monoisotopic (exact) mass is 272 g/mol. The van der Waals surface area contributed by atoms with E-state index in [4.69, 9.17) is 0 Å². The summed E-state index contributed by atoms with van der Waals surface area (Å²) in [7, 11) is -3.01. The standard InChI is InChI=1S/C11H20N4O2S/c1-2-18(16,17)15-9-7-13(8-10-15)5-6-14-4-3-12-11-14/h3-4,11H,2,5-10H2,1H3. The van der Waals surface area contributed by atoms with Crippen LogP contribution in [0.2, 0.25) is 0 Å². The molecule has 1 saturated heterocycles. The highest BCUT2D eigenvalue weighted by Gasteiger charge is 2.24. The average molecular weight is 272 g/mol. The Balaban J connectivity index is 1.77. The Kier molecular flexibility index (Phi) is 4.36. The summed E-state index contributed by atoms with van der Waals surface area (Å²) < 4.78 is 27.0. The molecule has 0 spiro atoms. The van der Waals surface area contributed by atoms with E-state index >= 15 is 0 Å². The molecular formula is C11H20N4O2S. The van der Waals surface area contributed by atoms with Gasteiger partial charge in [0.15, 0.2) is 0 Å². The molecule has 18 heavy (non-hydrogen) atoms. The predicted molar refractivity (Wildman–Crippen MR) is 69.7 cm³/mol. The molecule has 0 unspecified atom stereocenters. The minimum Gasteiger partial charge on any atom is -0.336 e. The summed E-state index contributed by atoms with van der Waals surface area (Å²) in [6, 6.07) is 0. The van der Waals surface area contributed by atoms with E-state index in [1.54, 1.807) is 23.8 Å². The van der Waals surface area contributed by atoms with Crippen molar-refractivity contribution < 1.29 is 8.42 Å². The lowest BCUT2D eigenvalue weighted by molar-refractivity contribution is 0.183. The third kappa shape index (κ3) is 3.30. The van der Waals surface area contributed by atoms with Crippen LogP contribution in [-0.2, 0) is 16.6 Å². The van der Waals surface area contributed by atoms with E-state index in [9.17, 15) is 8.42 Å². The van der Waals surface area contributed by atoms with Crippen molar-refractivity contribution >= 4 is 10.0 Å². The van der Waals surface area contributed by atoms with E-state index in [-0.39, 0.29) is 5.75 Å². The van der Waals surface area contributed by atoms with Crippen molar-refractivity contribution in [3.63, 3.8) is 0 Å². The number of piperazine rings is 1. The van der Waals surface area contributed by atoms with Gasteiger partial charge in [0, 0.05) is 51.7 Å². The van der Waals surface area contributed by atoms with E-state index in [0.29, 0.717) is 13.1 Å². The first kappa shape index (κ1) is 13.5. The van der Waals surface area contributed by atoms with E-state index < -0.39 is 10.0 Å². The number of hydrogen-bond acceptors (Lipinski definition) is 4. The van der Waals surface area contributed by atoms with Crippen molar-refractivity contribution in [2.75, 3.05) is 38.5 Å². The number of imidazole rings is 1. The maximum Gasteiger partial charge on any atom is 0.213 e. The molecule has 0 amide bonds. The SMILES string of the molecule is CCS(=O)(=O)N1CCN(CCn2ccnc2)CC1. The van der Waals surface area contributed by atoms with E-state index in [1.807, 2.05) is 10.8 Å². The first-order valence-corrected chi connectivity index (χ1v) is 7.88. The number of sulfonamides is 1. The fourth-order valence-electron chi connectivity index (χ4n) is 2.09. The Hall–Kier alpha value is -0.920. The third-order valence-electron chi connectivity index (χ3n) is 3.32. The summed E-state index contributed by atoms with van der Waals surface area (Å²) in [6.07, 6.45) is 5.52. The maximum atomic E-state index is 11.7. The zero-order valence-corrected chi connectivity index (χ0v) is 11.5. The molecule has 1 fully saturated rings. The van der Waals surface area contributed by atoms with Crippen molar-refractivity contribution in [1.29, 1.82) is 0 Å². The molecule has 0 bridgehead atoms. The molecule has 0 saturated carbocycles. The molecule has 0 aliphatic carbocycles. The third-order valence-corrected chi connectivity index (χ3v) is 5.20. The van der Waals surface area contributed by atoms with Crippen LogP contribution in [0.15, 0.2) is 18.7 Å². The highest BCUT2D eigenvalue weighted by molar-refractivity contribution is 7.89. The van der Waals surface area contributed by atoms with Gasteiger partial charge in [0.25, 0.3) is 0 Å². The van der Waals surface area contributed by atoms with Crippen LogP contribution in [0.5, 0.6) is 0 Å². The topological polar surface area (TPSA) is 58.4 Å². The zero-order chi connectivity index (χ0) is 13.0. The van der Waals surface area contributed by atoms with Gasteiger partial charge in [-0.25, -0.2) is 13.4 Å². The van der Waals surface area contributed by atoms with Crippen LogP contribution in [-0.4, -0.2) is 65.7 Å². The Morgan fingerprint density at radius 2 is 1.89 bits per heavy atom. The molecule has 1 aliphatic heterocycles. The van der Waals surface area contributed by atoms with Gasteiger partial charge in [0.1, 0.15) is 0 Å². The molecule has 6 nitrogen and oxygen atoms in total. The molecule has 102 valence electrons. The number of rotatable bonds is 5. The Labute approximate surface area is 108 Å². The second-order valence-electron chi connectivity index (χ2n) is 4.44. The number of hydrogen-bond donors (Lipinski definition) is 0. The van der Waals surface area contributed by atoms with Gasteiger partial charge < -0.3 is 4.57 Å². The fourth-order valence-corrected chi connectivity index (χ4v) is 3.17. The van der Waals surface area contributed by atoms with Crippen molar-refractivity contribution in [2.45, 2.75) is 13.5 Å². The molecule has 0 atom stereocenters. The van der Waals surface area contributed by atoms with Crippen LogP contribution in [0.25, 0.3) is 0 Å². The minimum absolute atomic E-state index is 0.196. The predicted octanol–water partition coefficient (Wildman–Crippen LogP) is -0.150. The lowest BCUT2D eigenvalue weighted by Crippen LogP contribution is -2.49. The van der Waals surface area contributed by atoms with E-state index in [0.717, 1.165) is 26.2 Å². The largest absolute Gasteiger partial charge is 0.336 e. The number of aromatic nitrogens is 2. The molecule has 1 aromatic rings. The van der Waals surface area contributed by atoms with Gasteiger partial charge in [0.05, 0.1) is 12.1 Å².